The van der Waals surface area contributed by atoms with Crippen LogP contribution in [-0.4, -0.2) is 17.8 Å². The molecule has 1 aromatic rings. The second-order valence-corrected chi connectivity index (χ2v) is 3.82. The fraction of sp³-hybridized carbons (Fsp3) is 0.364. The summed E-state index contributed by atoms with van der Waals surface area (Å²) in [4.78, 5) is 13.1. The van der Waals surface area contributed by atoms with Gasteiger partial charge in [-0.25, -0.2) is 4.39 Å². The van der Waals surface area contributed by atoms with E-state index in [1.165, 1.54) is 11.0 Å². The van der Waals surface area contributed by atoms with Gasteiger partial charge in [-0.1, -0.05) is 28.1 Å². The highest BCUT2D eigenvalue weighted by atomic mass is 79.9. The summed E-state index contributed by atoms with van der Waals surface area (Å²) in [5.41, 5.74) is 0.353. The number of halogens is 2. The fourth-order valence-electron chi connectivity index (χ4n) is 1.37. The summed E-state index contributed by atoms with van der Waals surface area (Å²) < 4.78 is 13.4. The number of alkyl halides is 1. The van der Waals surface area contributed by atoms with Crippen LogP contribution >= 0.6 is 15.9 Å². The molecule has 0 spiro atoms. The number of carbonyl (C=O) groups is 1. The van der Waals surface area contributed by atoms with E-state index in [9.17, 15) is 9.18 Å². The topological polar surface area (TPSA) is 20.3 Å². The summed E-state index contributed by atoms with van der Waals surface area (Å²) in [6.07, 6.45) is 0.377. The van der Waals surface area contributed by atoms with Gasteiger partial charge in [0, 0.05) is 18.3 Å². The van der Waals surface area contributed by atoms with Gasteiger partial charge < -0.3 is 4.90 Å². The highest BCUT2D eigenvalue weighted by Gasteiger charge is 2.15. The zero-order chi connectivity index (χ0) is 11.3. The molecule has 2 nitrogen and oxygen atoms in total. The molecule has 0 aliphatic rings. The molecular formula is C11H13BrFNO. The van der Waals surface area contributed by atoms with E-state index in [0.29, 0.717) is 24.0 Å². The molecule has 0 N–H and O–H groups in total. The van der Waals surface area contributed by atoms with Gasteiger partial charge in [0.2, 0.25) is 5.91 Å². The minimum absolute atomic E-state index is 0.0699. The number of benzene rings is 1. The molecule has 1 rings (SSSR count). The maximum Gasteiger partial charge on any atom is 0.227 e. The van der Waals surface area contributed by atoms with E-state index in [1.54, 1.807) is 18.2 Å². The van der Waals surface area contributed by atoms with Gasteiger partial charge in [0.05, 0.1) is 5.69 Å². The van der Waals surface area contributed by atoms with Crippen molar-refractivity contribution in [2.45, 2.75) is 13.3 Å². The molecule has 0 fully saturated rings. The Balaban J connectivity index is 2.92. The first kappa shape index (κ1) is 12.2. The average molecular weight is 274 g/mol. The second-order valence-electron chi connectivity index (χ2n) is 3.03. The third-order valence-electron chi connectivity index (χ3n) is 2.07. The average Bonchev–Trinajstić information content (AvgIpc) is 2.22. The molecule has 15 heavy (non-hydrogen) atoms. The van der Waals surface area contributed by atoms with Gasteiger partial charge in [0.15, 0.2) is 0 Å². The van der Waals surface area contributed by atoms with E-state index in [1.807, 2.05) is 6.92 Å². The van der Waals surface area contributed by atoms with Crippen molar-refractivity contribution in [1.29, 1.82) is 0 Å². The minimum atomic E-state index is -0.359. The molecule has 0 atom stereocenters. The van der Waals surface area contributed by atoms with E-state index >= 15 is 0 Å². The molecule has 0 aromatic heterocycles. The van der Waals surface area contributed by atoms with Gasteiger partial charge in [0.1, 0.15) is 5.82 Å². The first-order valence-corrected chi connectivity index (χ1v) is 5.93. The van der Waals surface area contributed by atoms with Gasteiger partial charge in [-0.2, -0.15) is 0 Å². The molecule has 0 bridgehead atoms. The van der Waals surface area contributed by atoms with E-state index in [4.69, 9.17) is 0 Å². The molecule has 0 aliphatic heterocycles. The molecule has 0 heterocycles. The predicted octanol–water partition coefficient (Wildman–Crippen LogP) is 2.96. The molecule has 0 radical (unpaired) electrons. The smallest absolute Gasteiger partial charge is 0.227 e. The predicted molar refractivity (Wildman–Crippen MR) is 62.8 cm³/mol. The van der Waals surface area contributed by atoms with Crippen LogP contribution in [0.4, 0.5) is 10.1 Å². The Bertz CT molecular complexity index is 343. The molecular weight excluding hydrogens is 261 g/mol. The Labute approximate surface area is 97.2 Å². The maximum atomic E-state index is 13.4. The largest absolute Gasteiger partial charge is 0.310 e. The van der Waals surface area contributed by atoms with Crippen molar-refractivity contribution >= 4 is 27.5 Å². The van der Waals surface area contributed by atoms with Gasteiger partial charge in [-0.05, 0) is 19.1 Å². The number of para-hydroxylation sites is 1. The normalized spacial score (nSPS) is 10.1. The summed E-state index contributed by atoms with van der Waals surface area (Å²) in [7, 11) is 0. The summed E-state index contributed by atoms with van der Waals surface area (Å²) in [6.45, 7) is 2.31. The van der Waals surface area contributed by atoms with Crippen molar-refractivity contribution in [2.75, 3.05) is 16.8 Å². The van der Waals surface area contributed by atoms with Crippen LogP contribution < -0.4 is 4.90 Å². The number of hydrogen-bond donors (Lipinski definition) is 0. The number of anilines is 1. The van der Waals surface area contributed by atoms with Crippen molar-refractivity contribution in [3.63, 3.8) is 0 Å². The summed E-state index contributed by atoms with van der Waals surface area (Å²) in [5, 5.41) is 0.594. The Morgan fingerprint density at radius 3 is 2.67 bits per heavy atom. The van der Waals surface area contributed by atoms with Crippen molar-refractivity contribution < 1.29 is 9.18 Å². The SMILES string of the molecule is CCN(C(=O)CCBr)c1ccccc1F. The van der Waals surface area contributed by atoms with Gasteiger partial charge in [-0.15, -0.1) is 0 Å². The Morgan fingerprint density at radius 1 is 1.47 bits per heavy atom. The Morgan fingerprint density at radius 2 is 2.13 bits per heavy atom. The molecule has 1 aromatic carbocycles. The number of rotatable bonds is 4. The molecule has 0 aliphatic carbocycles. The highest BCUT2D eigenvalue weighted by molar-refractivity contribution is 9.09. The lowest BCUT2D eigenvalue weighted by molar-refractivity contribution is -0.118. The highest BCUT2D eigenvalue weighted by Crippen LogP contribution is 2.19. The first-order chi connectivity index (χ1) is 7.20. The van der Waals surface area contributed by atoms with Gasteiger partial charge in [0.25, 0.3) is 0 Å². The lowest BCUT2D eigenvalue weighted by Gasteiger charge is -2.21. The van der Waals surface area contributed by atoms with Crippen molar-refractivity contribution in [3.05, 3.63) is 30.1 Å². The maximum absolute atomic E-state index is 13.4. The molecule has 0 saturated heterocycles. The van der Waals surface area contributed by atoms with Crippen LogP contribution in [0.1, 0.15) is 13.3 Å². The number of carbonyl (C=O) groups excluding carboxylic acids is 1. The lowest BCUT2D eigenvalue weighted by atomic mass is 10.2. The lowest BCUT2D eigenvalue weighted by Crippen LogP contribution is -2.31. The third-order valence-corrected chi connectivity index (χ3v) is 2.47. The van der Waals surface area contributed by atoms with Crippen LogP contribution in [0.25, 0.3) is 0 Å². The third kappa shape index (κ3) is 3.02. The van der Waals surface area contributed by atoms with Crippen molar-refractivity contribution in [1.82, 2.24) is 0 Å². The van der Waals surface area contributed by atoms with Crippen LogP contribution in [0.15, 0.2) is 24.3 Å². The zero-order valence-corrected chi connectivity index (χ0v) is 10.1. The minimum Gasteiger partial charge on any atom is -0.310 e. The van der Waals surface area contributed by atoms with Gasteiger partial charge >= 0.3 is 0 Å². The molecule has 0 saturated carbocycles. The van der Waals surface area contributed by atoms with Crippen molar-refractivity contribution in [2.24, 2.45) is 0 Å². The number of amides is 1. The molecule has 0 unspecified atom stereocenters. The monoisotopic (exact) mass is 273 g/mol. The zero-order valence-electron chi connectivity index (χ0n) is 8.54. The summed E-state index contributed by atoms with van der Waals surface area (Å²) in [5.74, 6) is -0.429. The fourth-order valence-corrected chi connectivity index (χ4v) is 1.71. The standard InChI is InChI=1S/C11H13BrFNO/c1-2-14(11(15)7-8-12)10-6-4-3-5-9(10)13/h3-6H,2,7-8H2,1H3. The van der Waals surface area contributed by atoms with Gasteiger partial charge in [-0.3, -0.25) is 4.79 Å². The van der Waals surface area contributed by atoms with E-state index in [0.717, 1.165) is 0 Å². The van der Waals surface area contributed by atoms with E-state index in [-0.39, 0.29) is 11.7 Å². The summed E-state index contributed by atoms with van der Waals surface area (Å²) >= 11 is 3.20. The van der Waals surface area contributed by atoms with Crippen LogP contribution in [0.2, 0.25) is 0 Å². The molecule has 82 valence electrons. The van der Waals surface area contributed by atoms with Crippen LogP contribution in [-0.2, 0) is 4.79 Å². The van der Waals surface area contributed by atoms with Crippen molar-refractivity contribution in [3.8, 4) is 0 Å². The van der Waals surface area contributed by atoms with Crippen LogP contribution in [0.5, 0.6) is 0 Å². The first-order valence-electron chi connectivity index (χ1n) is 4.81. The molecule has 4 heteroatoms. The van der Waals surface area contributed by atoms with Crippen LogP contribution in [0, 0.1) is 5.82 Å². The summed E-state index contributed by atoms with van der Waals surface area (Å²) in [6, 6.07) is 6.31. The van der Waals surface area contributed by atoms with Crippen LogP contribution in [0.3, 0.4) is 0 Å². The quantitative estimate of drug-likeness (QED) is 0.773. The molecule has 1 amide bonds. The van der Waals surface area contributed by atoms with E-state index < -0.39 is 0 Å². The van der Waals surface area contributed by atoms with E-state index in [2.05, 4.69) is 15.9 Å². The number of nitrogens with zero attached hydrogens (tertiary/aromatic N) is 1. The number of hydrogen-bond acceptors (Lipinski definition) is 1. The Hall–Kier alpha value is -0.900. The second kappa shape index (κ2) is 5.85. The Kier molecular flexibility index (Phi) is 4.75.